The second kappa shape index (κ2) is 5.23. The Hall–Kier alpha value is -1.45. The second-order valence-corrected chi connectivity index (χ2v) is 1.93. The molecule has 68 valence electrons. The van der Waals surface area contributed by atoms with Crippen molar-refractivity contribution < 1.29 is 1.43 Å². The predicted octanol–water partition coefficient (Wildman–Crippen LogP) is 2.44. The van der Waals surface area contributed by atoms with Crippen molar-refractivity contribution in [3.05, 3.63) is 12.3 Å². The van der Waals surface area contributed by atoms with Gasteiger partial charge in [0.25, 0.3) is 0 Å². The van der Waals surface area contributed by atoms with Gasteiger partial charge >= 0.3 is 0 Å². The van der Waals surface area contributed by atoms with E-state index in [2.05, 4.69) is 33.7 Å². The van der Waals surface area contributed by atoms with Gasteiger partial charge in [0.1, 0.15) is 5.69 Å². The third-order valence-electron chi connectivity index (χ3n) is 1.08. The molecule has 0 saturated heterocycles. The number of hydrogen-bond acceptors (Lipinski definition) is 3. The van der Waals surface area contributed by atoms with Crippen LogP contribution in [0.3, 0.4) is 0 Å². The minimum atomic E-state index is 0. The Morgan fingerprint density at radius 1 is 1.50 bits per heavy atom. The summed E-state index contributed by atoms with van der Waals surface area (Å²) in [5, 5.41) is 9.98. The smallest absolute Gasteiger partial charge is 0.201 e. The summed E-state index contributed by atoms with van der Waals surface area (Å²) >= 11 is 0. The van der Waals surface area contributed by atoms with Crippen LogP contribution >= 0.6 is 0 Å². The van der Waals surface area contributed by atoms with Crippen molar-refractivity contribution in [3.63, 3.8) is 0 Å². The highest BCUT2D eigenvalue weighted by Crippen LogP contribution is 2.17. The Bertz CT molecular complexity index is 267. The van der Waals surface area contributed by atoms with Gasteiger partial charge in [-0.05, 0) is 19.2 Å². The number of aromatic amines is 1. The molecule has 0 aliphatic heterocycles. The largest absolute Gasteiger partial charge is 0.242 e. The number of aromatic nitrogens is 3. The van der Waals surface area contributed by atoms with Crippen LogP contribution < -0.4 is 0 Å². The van der Waals surface area contributed by atoms with Gasteiger partial charge in [-0.25, -0.2) is 4.99 Å². The number of hydrogen-bond donors (Lipinski definition) is 1. The summed E-state index contributed by atoms with van der Waals surface area (Å²) in [5.41, 5.74) is 1.51. The van der Waals surface area contributed by atoms with Crippen LogP contribution in [0.1, 0.15) is 27.9 Å². The fourth-order valence-electron chi connectivity index (χ4n) is 0.622. The first-order valence-corrected chi connectivity index (χ1v) is 3.79. The van der Waals surface area contributed by atoms with E-state index in [9.17, 15) is 0 Å². The van der Waals surface area contributed by atoms with E-state index in [1.54, 1.807) is 0 Å². The number of aliphatic imine (C=N–C) groups is 1. The first kappa shape index (κ1) is 10.6. The maximum atomic E-state index is 3.82. The molecule has 0 bridgehead atoms. The van der Waals surface area contributed by atoms with Crippen LogP contribution in [-0.4, -0.2) is 22.1 Å². The number of rotatable bonds is 2. The van der Waals surface area contributed by atoms with Crippen molar-refractivity contribution in [1.29, 1.82) is 0 Å². The zero-order chi connectivity index (χ0) is 9.56. The van der Waals surface area contributed by atoms with Crippen molar-refractivity contribution in [1.82, 2.24) is 15.4 Å². The van der Waals surface area contributed by atoms with Crippen LogP contribution in [0.25, 0.3) is 5.57 Å². The van der Waals surface area contributed by atoms with Gasteiger partial charge in [-0.2, -0.15) is 10.3 Å². The molecule has 12 heavy (non-hydrogen) atoms. The molecule has 0 fully saturated rings. The van der Waals surface area contributed by atoms with Gasteiger partial charge in [-0.3, -0.25) is 0 Å². The third-order valence-corrected chi connectivity index (χ3v) is 1.08. The highest BCUT2D eigenvalue weighted by Gasteiger charge is 2.04. The van der Waals surface area contributed by atoms with Crippen LogP contribution in [0, 0.1) is 0 Å². The van der Waals surface area contributed by atoms with E-state index in [4.69, 9.17) is 0 Å². The maximum absolute atomic E-state index is 3.82. The first-order chi connectivity index (χ1) is 5.75. The molecule has 1 heterocycles. The minimum absolute atomic E-state index is 0. The molecule has 1 rings (SSSR count). The van der Waals surface area contributed by atoms with Crippen molar-refractivity contribution in [2.75, 3.05) is 0 Å². The fraction of sp³-hybridized carbons (Fsp3) is 0.375. The molecule has 0 atom stereocenters. The Balaban J connectivity index is 0. The molecular formula is C8H16N4. The average molecular weight is 168 g/mol. The zero-order valence-corrected chi connectivity index (χ0v) is 7.76. The van der Waals surface area contributed by atoms with E-state index in [1.807, 2.05) is 20.8 Å². The number of allylic oxidation sites excluding steroid dienone is 1. The molecule has 0 unspecified atom stereocenters. The topological polar surface area (TPSA) is 53.9 Å². The minimum Gasteiger partial charge on any atom is -0.242 e. The maximum Gasteiger partial charge on any atom is 0.201 e. The highest BCUT2D eigenvalue weighted by atomic mass is 15.4. The Kier molecular flexibility index (Phi) is 4.60. The molecule has 0 aliphatic carbocycles. The molecule has 4 nitrogen and oxygen atoms in total. The quantitative estimate of drug-likeness (QED) is 0.689. The van der Waals surface area contributed by atoms with Crippen LogP contribution in [0.4, 0.5) is 5.82 Å². The Morgan fingerprint density at radius 2 is 2.08 bits per heavy atom. The van der Waals surface area contributed by atoms with Crippen LogP contribution in [0.5, 0.6) is 0 Å². The van der Waals surface area contributed by atoms with E-state index >= 15 is 0 Å². The SMILES string of the molecule is C=Nc1n[nH]nc1C(=C)C.CC.[HH]. The molecule has 0 aliphatic rings. The van der Waals surface area contributed by atoms with Gasteiger partial charge in [0.15, 0.2) is 0 Å². The van der Waals surface area contributed by atoms with E-state index in [0.717, 1.165) is 5.57 Å². The Morgan fingerprint density at radius 3 is 2.42 bits per heavy atom. The predicted molar refractivity (Wildman–Crippen MR) is 53.8 cm³/mol. The van der Waals surface area contributed by atoms with Crippen LogP contribution in [0.2, 0.25) is 0 Å². The van der Waals surface area contributed by atoms with Gasteiger partial charge in [0, 0.05) is 1.43 Å². The monoisotopic (exact) mass is 168 g/mol. The van der Waals surface area contributed by atoms with Gasteiger partial charge in [0.2, 0.25) is 5.82 Å². The van der Waals surface area contributed by atoms with Crippen molar-refractivity contribution in [2.45, 2.75) is 20.8 Å². The molecule has 0 radical (unpaired) electrons. The van der Waals surface area contributed by atoms with Gasteiger partial charge in [0.05, 0.1) is 0 Å². The highest BCUT2D eigenvalue weighted by molar-refractivity contribution is 5.66. The lowest BCUT2D eigenvalue weighted by Gasteiger charge is -1.89. The summed E-state index contributed by atoms with van der Waals surface area (Å²) in [5.74, 6) is 0.507. The summed E-state index contributed by atoms with van der Waals surface area (Å²) in [6.45, 7) is 12.9. The molecular weight excluding hydrogens is 152 g/mol. The van der Waals surface area contributed by atoms with E-state index < -0.39 is 0 Å². The number of nitrogens with one attached hydrogen (secondary N) is 1. The normalized spacial score (nSPS) is 8.25. The third kappa shape index (κ3) is 2.30. The lowest BCUT2D eigenvalue weighted by molar-refractivity contribution is 0.935. The summed E-state index contributed by atoms with van der Waals surface area (Å²) in [6, 6.07) is 0. The van der Waals surface area contributed by atoms with Crippen LogP contribution in [0.15, 0.2) is 11.6 Å². The lowest BCUT2D eigenvalue weighted by Crippen LogP contribution is -1.76. The summed E-state index contributed by atoms with van der Waals surface area (Å²) < 4.78 is 0. The molecule has 1 aromatic heterocycles. The van der Waals surface area contributed by atoms with E-state index in [1.165, 1.54) is 0 Å². The molecule has 1 N–H and O–H groups in total. The van der Waals surface area contributed by atoms with Gasteiger partial charge in [-0.15, -0.1) is 5.10 Å². The summed E-state index contributed by atoms with van der Waals surface area (Å²) in [7, 11) is 0. The summed E-state index contributed by atoms with van der Waals surface area (Å²) in [4.78, 5) is 3.64. The van der Waals surface area contributed by atoms with E-state index in [-0.39, 0.29) is 1.43 Å². The van der Waals surface area contributed by atoms with Gasteiger partial charge < -0.3 is 0 Å². The second-order valence-electron chi connectivity index (χ2n) is 1.93. The molecule has 0 saturated carbocycles. The van der Waals surface area contributed by atoms with Crippen molar-refractivity contribution in [2.24, 2.45) is 4.99 Å². The summed E-state index contributed by atoms with van der Waals surface area (Å²) in [6.07, 6.45) is 0. The molecule has 0 aromatic carbocycles. The average Bonchev–Trinajstić information content (AvgIpc) is 2.55. The van der Waals surface area contributed by atoms with Crippen molar-refractivity contribution in [3.8, 4) is 0 Å². The van der Waals surface area contributed by atoms with Gasteiger partial charge in [-0.1, -0.05) is 20.4 Å². The standard InChI is InChI=1S/C6H8N4.C2H6.H2/c1-4(2)5-6(7-3)9-10-8-5;1-2;/h1,3H2,2H3,(H,8,9,10);1-2H3;1H. The van der Waals surface area contributed by atoms with Crippen LogP contribution in [-0.2, 0) is 0 Å². The molecule has 0 amide bonds. The molecule has 4 heteroatoms. The Labute approximate surface area is 73.9 Å². The number of H-pyrrole nitrogens is 1. The fourth-order valence-corrected chi connectivity index (χ4v) is 0.622. The number of nitrogens with zero attached hydrogens (tertiary/aromatic N) is 3. The van der Waals surface area contributed by atoms with Crippen molar-refractivity contribution >= 4 is 18.1 Å². The molecule has 0 spiro atoms. The molecule has 1 aromatic rings. The van der Waals surface area contributed by atoms with E-state index in [0.29, 0.717) is 11.5 Å². The first-order valence-electron chi connectivity index (χ1n) is 3.79. The lowest BCUT2D eigenvalue weighted by atomic mass is 10.2. The zero-order valence-electron chi connectivity index (χ0n) is 7.76.